The fourth-order valence-electron chi connectivity index (χ4n) is 4.09. The summed E-state index contributed by atoms with van der Waals surface area (Å²) in [7, 11) is 3.38. The zero-order chi connectivity index (χ0) is 24.5. The molecule has 0 saturated carbocycles. The fraction of sp³-hybridized carbons (Fsp3) is 0.478. The molecule has 11 heteroatoms. The second-order valence-corrected chi connectivity index (χ2v) is 9.33. The van der Waals surface area contributed by atoms with Gasteiger partial charge in [0.2, 0.25) is 5.95 Å². The molecule has 1 atom stereocenters. The number of ether oxygens (including phenoxy) is 2. The number of piperidine rings is 1. The van der Waals surface area contributed by atoms with Crippen molar-refractivity contribution in [2.75, 3.05) is 43.2 Å². The largest absolute Gasteiger partial charge is 0.496 e. The third-order valence-electron chi connectivity index (χ3n) is 5.57. The standard InChI is InChI=1S/C23H32N8O3/c1-23(2,3)34-22(32)26-14-7-6-8-31(12-14)18-11-15(27-21(25-4)28-18)13-9-16-19(17(10-13)33-5)20(24)30-29-16/h9-11,14H,6-8,12H2,1-5H3,(H,26,32)(H3,24,29,30)(H,25,27,28)/t14-/m1/s1. The highest BCUT2D eigenvalue weighted by molar-refractivity contribution is 5.97. The minimum atomic E-state index is -0.539. The number of rotatable bonds is 5. The molecule has 0 aliphatic carbocycles. The zero-order valence-corrected chi connectivity index (χ0v) is 20.2. The maximum absolute atomic E-state index is 12.3. The minimum Gasteiger partial charge on any atom is -0.496 e. The van der Waals surface area contributed by atoms with E-state index in [4.69, 9.17) is 15.2 Å². The Bertz CT molecular complexity index is 1190. The van der Waals surface area contributed by atoms with Gasteiger partial charge in [-0.1, -0.05) is 0 Å². The number of alkyl carbamates (subject to hydrolysis) is 1. The Morgan fingerprint density at radius 3 is 2.76 bits per heavy atom. The van der Waals surface area contributed by atoms with Crippen LogP contribution in [-0.4, -0.2) is 65.1 Å². The molecule has 4 rings (SSSR count). The van der Waals surface area contributed by atoms with Gasteiger partial charge in [0, 0.05) is 37.8 Å². The first-order chi connectivity index (χ1) is 16.2. The number of amides is 1. The number of methoxy groups -OCH3 is 1. The maximum atomic E-state index is 12.3. The molecule has 1 fully saturated rings. The smallest absolute Gasteiger partial charge is 0.407 e. The molecule has 0 radical (unpaired) electrons. The van der Waals surface area contributed by atoms with E-state index in [0.717, 1.165) is 47.4 Å². The number of aromatic nitrogens is 4. The Morgan fingerprint density at radius 1 is 1.26 bits per heavy atom. The number of carbonyl (C=O) groups is 1. The Kier molecular flexibility index (Phi) is 6.36. The van der Waals surface area contributed by atoms with Gasteiger partial charge in [-0.3, -0.25) is 5.10 Å². The number of anilines is 3. The molecule has 182 valence electrons. The van der Waals surface area contributed by atoms with E-state index in [9.17, 15) is 4.79 Å². The van der Waals surface area contributed by atoms with Gasteiger partial charge in [0.05, 0.1) is 23.7 Å². The van der Waals surface area contributed by atoms with Crippen LogP contribution in [0.5, 0.6) is 5.75 Å². The predicted octanol–water partition coefficient (Wildman–Crippen LogP) is 3.15. The van der Waals surface area contributed by atoms with Crippen LogP contribution < -0.4 is 26.0 Å². The highest BCUT2D eigenvalue weighted by atomic mass is 16.6. The van der Waals surface area contributed by atoms with Crippen LogP contribution in [0, 0.1) is 0 Å². The normalized spacial score (nSPS) is 16.4. The van der Waals surface area contributed by atoms with Gasteiger partial charge in [-0.2, -0.15) is 10.1 Å². The molecule has 1 saturated heterocycles. The summed E-state index contributed by atoms with van der Waals surface area (Å²) in [6.45, 7) is 7.01. The number of hydrogen-bond acceptors (Lipinski definition) is 9. The number of nitrogens with two attached hydrogens (primary N) is 1. The van der Waals surface area contributed by atoms with Crippen LogP contribution in [0.25, 0.3) is 22.2 Å². The summed E-state index contributed by atoms with van der Waals surface area (Å²) in [6, 6.07) is 5.74. The van der Waals surface area contributed by atoms with Crippen molar-refractivity contribution in [3.63, 3.8) is 0 Å². The first kappa shape index (κ1) is 23.4. The maximum Gasteiger partial charge on any atom is 0.407 e. The van der Waals surface area contributed by atoms with Gasteiger partial charge in [-0.15, -0.1) is 0 Å². The Labute approximate surface area is 198 Å². The summed E-state index contributed by atoms with van der Waals surface area (Å²) < 4.78 is 11.0. The molecule has 1 amide bonds. The van der Waals surface area contributed by atoms with Gasteiger partial charge < -0.3 is 30.7 Å². The summed E-state index contributed by atoms with van der Waals surface area (Å²) in [6.07, 6.45) is 1.39. The predicted molar refractivity (Wildman–Crippen MR) is 132 cm³/mol. The molecule has 3 aromatic rings. The molecule has 0 spiro atoms. The molecule has 1 aliphatic rings. The van der Waals surface area contributed by atoms with E-state index >= 15 is 0 Å². The third kappa shape index (κ3) is 5.08. The van der Waals surface area contributed by atoms with Crippen LogP contribution >= 0.6 is 0 Å². The number of benzene rings is 1. The fourth-order valence-corrected chi connectivity index (χ4v) is 4.09. The van der Waals surface area contributed by atoms with Crippen molar-refractivity contribution in [1.82, 2.24) is 25.5 Å². The van der Waals surface area contributed by atoms with Gasteiger partial charge in [0.15, 0.2) is 5.82 Å². The zero-order valence-electron chi connectivity index (χ0n) is 20.2. The number of nitrogen functional groups attached to an aromatic ring is 1. The van der Waals surface area contributed by atoms with Crippen molar-refractivity contribution in [1.29, 1.82) is 0 Å². The van der Waals surface area contributed by atoms with Crippen molar-refractivity contribution < 1.29 is 14.3 Å². The summed E-state index contributed by atoms with van der Waals surface area (Å²) in [5.74, 6) is 2.27. The molecule has 34 heavy (non-hydrogen) atoms. The van der Waals surface area contributed by atoms with Crippen LogP contribution in [0.3, 0.4) is 0 Å². The second-order valence-electron chi connectivity index (χ2n) is 9.33. The quantitative estimate of drug-likeness (QED) is 0.444. The number of carbonyl (C=O) groups excluding carboxylic acids is 1. The lowest BCUT2D eigenvalue weighted by atomic mass is 10.1. The number of fused-ring (bicyclic) bond motifs is 1. The van der Waals surface area contributed by atoms with E-state index in [1.165, 1.54) is 0 Å². The number of H-pyrrole nitrogens is 1. The molecule has 2 aromatic heterocycles. The topological polar surface area (TPSA) is 143 Å². The lowest BCUT2D eigenvalue weighted by molar-refractivity contribution is 0.0500. The van der Waals surface area contributed by atoms with Crippen LogP contribution in [0.15, 0.2) is 18.2 Å². The lowest BCUT2D eigenvalue weighted by Gasteiger charge is -2.34. The van der Waals surface area contributed by atoms with E-state index < -0.39 is 11.7 Å². The number of hydrogen-bond donors (Lipinski definition) is 4. The van der Waals surface area contributed by atoms with E-state index in [1.807, 2.05) is 39.0 Å². The highest BCUT2D eigenvalue weighted by Gasteiger charge is 2.26. The van der Waals surface area contributed by atoms with Crippen LogP contribution in [-0.2, 0) is 4.74 Å². The van der Waals surface area contributed by atoms with Crippen molar-refractivity contribution in [3.05, 3.63) is 18.2 Å². The SMILES string of the molecule is CNc1nc(-c2cc(OC)c3c(N)n[nH]c3c2)cc(N2CCC[C@@H](NC(=O)OC(C)(C)C)C2)n1. The summed E-state index contributed by atoms with van der Waals surface area (Å²) >= 11 is 0. The van der Waals surface area contributed by atoms with Crippen molar-refractivity contribution in [2.24, 2.45) is 0 Å². The molecule has 0 bridgehead atoms. The Morgan fingerprint density at radius 2 is 2.06 bits per heavy atom. The second kappa shape index (κ2) is 9.24. The van der Waals surface area contributed by atoms with Crippen LogP contribution in [0.2, 0.25) is 0 Å². The van der Waals surface area contributed by atoms with E-state index in [1.54, 1.807) is 14.2 Å². The molecule has 1 aliphatic heterocycles. The van der Waals surface area contributed by atoms with Gasteiger partial charge in [-0.05, 0) is 45.7 Å². The number of nitrogens with zero attached hydrogens (tertiary/aromatic N) is 4. The third-order valence-corrected chi connectivity index (χ3v) is 5.57. The van der Waals surface area contributed by atoms with E-state index in [0.29, 0.717) is 24.1 Å². The molecular weight excluding hydrogens is 436 g/mol. The van der Waals surface area contributed by atoms with Crippen molar-refractivity contribution in [2.45, 2.75) is 45.3 Å². The number of nitrogens with one attached hydrogen (secondary N) is 3. The van der Waals surface area contributed by atoms with Gasteiger partial charge in [0.1, 0.15) is 17.2 Å². The monoisotopic (exact) mass is 468 g/mol. The summed E-state index contributed by atoms with van der Waals surface area (Å²) in [5.41, 5.74) is 7.78. The summed E-state index contributed by atoms with van der Waals surface area (Å²) in [5, 5.41) is 13.8. The summed E-state index contributed by atoms with van der Waals surface area (Å²) in [4.78, 5) is 23.7. The molecule has 0 unspecified atom stereocenters. The van der Waals surface area contributed by atoms with Crippen LogP contribution in [0.1, 0.15) is 33.6 Å². The van der Waals surface area contributed by atoms with Gasteiger partial charge in [0.25, 0.3) is 0 Å². The van der Waals surface area contributed by atoms with Gasteiger partial charge in [-0.25, -0.2) is 9.78 Å². The number of aromatic amines is 1. The molecule has 1 aromatic carbocycles. The molecular formula is C23H32N8O3. The van der Waals surface area contributed by atoms with Crippen molar-refractivity contribution >= 4 is 34.6 Å². The lowest BCUT2D eigenvalue weighted by Crippen LogP contribution is -2.49. The molecule has 11 nitrogen and oxygen atoms in total. The van der Waals surface area contributed by atoms with E-state index in [-0.39, 0.29) is 6.04 Å². The van der Waals surface area contributed by atoms with Gasteiger partial charge >= 0.3 is 6.09 Å². The minimum absolute atomic E-state index is 0.0375. The first-order valence-corrected chi connectivity index (χ1v) is 11.3. The molecule has 5 N–H and O–H groups in total. The average molecular weight is 469 g/mol. The molecule has 3 heterocycles. The Hall–Kier alpha value is -3.76. The van der Waals surface area contributed by atoms with Crippen molar-refractivity contribution in [3.8, 4) is 17.0 Å². The Balaban J connectivity index is 1.62. The first-order valence-electron chi connectivity index (χ1n) is 11.3. The van der Waals surface area contributed by atoms with Crippen LogP contribution in [0.4, 0.5) is 22.4 Å². The average Bonchev–Trinajstić information content (AvgIpc) is 3.17. The highest BCUT2D eigenvalue weighted by Crippen LogP contribution is 2.35. The van der Waals surface area contributed by atoms with E-state index in [2.05, 4.69) is 35.7 Å².